The summed E-state index contributed by atoms with van der Waals surface area (Å²) in [6.45, 7) is 5.32. The summed E-state index contributed by atoms with van der Waals surface area (Å²) < 4.78 is 10.6. The van der Waals surface area contributed by atoms with E-state index < -0.39 is 5.97 Å². The molecule has 0 radical (unpaired) electrons. The zero-order chi connectivity index (χ0) is 19.1. The summed E-state index contributed by atoms with van der Waals surface area (Å²) in [6, 6.07) is 13.6. The number of ether oxygens (including phenoxy) is 2. The van der Waals surface area contributed by atoms with E-state index >= 15 is 0 Å². The van der Waals surface area contributed by atoms with Gasteiger partial charge in [0.15, 0.2) is 6.61 Å². The standard InChI is InChI=1S/C20H22ClNO4/c1-13(2)26-18-9-7-15(8-10-18)20(24)25-12-19(23)22-14(3)16-5-4-6-17(21)11-16/h4-11,13-14H,12H2,1-3H3,(H,22,23)/t14-/m1/s1. The van der Waals surface area contributed by atoms with Crippen molar-refractivity contribution in [3.63, 3.8) is 0 Å². The Morgan fingerprint density at radius 1 is 1.08 bits per heavy atom. The van der Waals surface area contributed by atoms with Crippen LogP contribution < -0.4 is 10.1 Å². The molecule has 0 bridgehead atoms. The van der Waals surface area contributed by atoms with Gasteiger partial charge < -0.3 is 14.8 Å². The molecule has 1 amide bonds. The lowest BCUT2D eigenvalue weighted by molar-refractivity contribution is -0.124. The Hall–Kier alpha value is -2.53. The van der Waals surface area contributed by atoms with Crippen LogP contribution in [0.5, 0.6) is 5.75 Å². The minimum absolute atomic E-state index is 0.0537. The van der Waals surface area contributed by atoms with Crippen LogP contribution in [0.4, 0.5) is 0 Å². The number of nitrogens with one attached hydrogen (secondary N) is 1. The molecule has 1 N–H and O–H groups in total. The fourth-order valence-corrected chi connectivity index (χ4v) is 2.50. The highest BCUT2D eigenvalue weighted by atomic mass is 35.5. The molecule has 5 nitrogen and oxygen atoms in total. The molecule has 2 aromatic rings. The van der Waals surface area contributed by atoms with Crippen molar-refractivity contribution in [1.29, 1.82) is 0 Å². The Bertz CT molecular complexity index is 759. The van der Waals surface area contributed by atoms with Gasteiger partial charge in [-0.2, -0.15) is 0 Å². The van der Waals surface area contributed by atoms with Gasteiger partial charge in [0.25, 0.3) is 5.91 Å². The number of benzene rings is 2. The number of amides is 1. The molecule has 1 atom stereocenters. The first-order valence-electron chi connectivity index (χ1n) is 8.34. The minimum Gasteiger partial charge on any atom is -0.491 e. The van der Waals surface area contributed by atoms with E-state index in [0.717, 1.165) is 5.56 Å². The molecule has 0 heterocycles. The quantitative estimate of drug-likeness (QED) is 0.738. The van der Waals surface area contributed by atoms with E-state index in [4.69, 9.17) is 21.1 Å². The third kappa shape index (κ3) is 6.08. The maximum absolute atomic E-state index is 12.0. The van der Waals surface area contributed by atoms with Crippen molar-refractivity contribution in [2.24, 2.45) is 0 Å². The number of carbonyl (C=O) groups excluding carboxylic acids is 2. The second kappa shape index (κ2) is 9.25. The minimum atomic E-state index is -0.563. The first-order chi connectivity index (χ1) is 12.3. The normalized spacial score (nSPS) is 11.7. The summed E-state index contributed by atoms with van der Waals surface area (Å²) in [5, 5.41) is 3.36. The van der Waals surface area contributed by atoms with E-state index in [1.54, 1.807) is 36.4 Å². The Labute approximate surface area is 158 Å². The summed E-state index contributed by atoms with van der Waals surface area (Å²) in [4.78, 5) is 24.0. The molecule has 138 valence electrons. The monoisotopic (exact) mass is 375 g/mol. The summed E-state index contributed by atoms with van der Waals surface area (Å²) in [5.74, 6) is -0.276. The average Bonchev–Trinajstić information content (AvgIpc) is 2.59. The number of hydrogen-bond acceptors (Lipinski definition) is 4. The lowest BCUT2D eigenvalue weighted by Gasteiger charge is -2.14. The van der Waals surface area contributed by atoms with Gasteiger partial charge in [-0.05, 0) is 62.7 Å². The van der Waals surface area contributed by atoms with Gasteiger partial charge >= 0.3 is 5.97 Å². The lowest BCUT2D eigenvalue weighted by Crippen LogP contribution is -2.31. The van der Waals surface area contributed by atoms with E-state index in [0.29, 0.717) is 16.3 Å². The maximum Gasteiger partial charge on any atom is 0.338 e. The first-order valence-corrected chi connectivity index (χ1v) is 8.71. The van der Waals surface area contributed by atoms with Crippen LogP contribution in [0, 0.1) is 0 Å². The molecule has 0 saturated heterocycles. The predicted molar refractivity (Wildman–Crippen MR) is 100 cm³/mol. The van der Waals surface area contributed by atoms with Gasteiger partial charge in [0, 0.05) is 5.02 Å². The molecule has 26 heavy (non-hydrogen) atoms. The Morgan fingerprint density at radius 3 is 2.38 bits per heavy atom. The molecule has 0 aliphatic carbocycles. The Balaban J connectivity index is 1.83. The van der Waals surface area contributed by atoms with Crippen LogP contribution in [0.15, 0.2) is 48.5 Å². The first kappa shape index (κ1) is 19.8. The van der Waals surface area contributed by atoms with Crippen LogP contribution in [0.25, 0.3) is 0 Å². The highest BCUT2D eigenvalue weighted by Crippen LogP contribution is 2.17. The van der Waals surface area contributed by atoms with Gasteiger partial charge in [0.2, 0.25) is 0 Å². The van der Waals surface area contributed by atoms with Gasteiger partial charge in [0.1, 0.15) is 5.75 Å². The van der Waals surface area contributed by atoms with Crippen molar-refractivity contribution in [2.45, 2.75) is 32.9 Å². The smallest absolute Gasteiger partial charge is 0.338 e. The molecular formula is C20H22ClNO4. The molecule has 0 aliphatic heterocycles. The number of hydrogen-bond donors (Lipinski definition) is 1. The van der Waals surface area contributed by atoms with Crippen molar-refractivity contribution in [1.82, 2.24) is 5.32 Å². The van der Waals surface area contributed by atoms with Gasteiger partial charge in [-0.15, -0.1) is 0 Å². The predicted octanol–water partition coefficient (Wildman–Crippen LogP) is 4.16. The highest BCUT2D eigenvalue weighted by Gasteiger charge is 2.13. The topological polar surface area (TPSA) is 64.6 Å². The molecule has 0 saturated carbocycles. The molecule has 0 fully saturated rings. The van der Waals surface area contributed by atoms with E-state index in [9.17, 15) is 9.59 Å². The highest BCUT2D eigenvalue weighted by molar-refractivity contribution is 6.30. The van der Waals surface area contributed by atoms with Gasteiger partial charge in [-0.25, -0.2) is 4.79 Å². The molecule has 6 heteroatoms. The second-order valence-corrected chi connectivity index (χ2v) is 6.55. The van der Waals surface area contributed by atoms with Crippen LogP contribution in [0.3, 0.4) is 0 Å². The van der Waals surface area contributed by atoms with Crippen LogP contribution in [0.2, 0.25) is 5.02 Å². The van der Waals surface area contributed by atoms with Crippen LogP contribution in [-0.4, -0.2) is 24.6 Å². The Morgan fingerprint density at radius 2 is 1.77 bits per heavy atom. The van der Waals surface area contributed by atoms with Crippen molar-refractivity contribution in [2.75, 3.05) is 6.61 Å². The molecule has 2 rings (SSSR count). The number of carbonyl (C=O) groups is 2. The zero-order valence-corrected chi connectivity index (χ0v) is 15.7. The average molecular weight is 376 g/mol. The molecular weight excluding hydrogens is 354 g/mol. The third-order valence-corrected chi connectivity index (χ3v) is 3.76. The summed E-state index contributed by atoms with van der Waals surface area (Å²) in [5.41, 5.74) is 1.23. The largest absolute Gasteiger partial charge is 0.491 e. The van der Waals surface area contributed by atoms with Crippen molar-refractivity contribution in [3.05, 3.63) is 64.7 Å². The van der Waals surface area contributed by atoms with Gasteiger partial charge in [0.05, 0.1) is 17.7 Å². The summed E-state index contributed by atoms with van der Waals surface area (Å²) in [6.07, 6.45) is 0.0537. The van der Waals surface area contributed by atoms with Gasteiger partial charge in [-0.3, -0.25) is 4.79 Å². The molecule has 2 aromatic carbocycles. The Kier molecular flexibility index (Phi) is 7.04. The third-order valence-electron chi connectivity index (χ3n) is 3.52. The second-order valence-electron chi connectivity index (χ2n) is 6.11. The van der Waals surface area contributed by atoms with Crippen LogP contribution in [0.1, 0.15) is 42.7 Å². The van der Waals surface area contributed by atoms with E-state index in [1.165, 1.54) is 0 Å². The number of rotatable bonds is 7. The van der Waals surface area contributed by atoms with E-state index in [1.807, 2.05) is 32.9 Å². The van der Waals surface area contributed by atoms with Crippen molar-refractivity contribution in [3.8, 4) is 5.75 Å². The lowest BCUT2D eigenvalue weighted by atomic mass is 10.1. The van der Waals surface area contributed by atoms with E-state index in [2.05, 4.69) is 5.32 Å². The summed E-state index contributed by atoms with van der Waals surface area (Å²) in [7, 11) is 0. The summed E-state index contributed by atoms with van der Waals surface area (Å²) >= 11 is 5.94. The molecule has 0 unspecified atom stereocenters. The van der Waals surface area contributed by atoms with Crippen LogP contribution >= 0.6 is 11.6 Å². The van der Waals surface area contributed by atoms with Crippen molar-refractivity contribution < 1.29 is 19.1 Å². The maximum atomic E-state index is 12.0. The fourth-order valence-electron chi connectivity index (χ4n) is 2.30. The van der Waals surface area contributed by atoms with Crippen LogP contribution in [-0.2, 0) is 9.53 Å². The SMILES string of the molecule is CC(C)Oc1ccc(C(=O)OCC(=O)N[C@H](C)c2cccc(Cl)c2)cc1. The number of esters is 1. The molecule has 0 aliphatic rings. The van der Waals surface area contributed by atoms with E-state index in [-0.39, 0.29) is 24.7 Å². The molecule has 0 aromatic heterocycles. The molecule has 0 spiro atoms. The number of halogens is 1. The van der Waals surface area contributed by atoms with Crippen molar-refractivity contribution >= 4 is 23.5 Å². The van der Waals surface area contributed by atoms with Gasteiger partial charge in [-0.1, -0.05) is 23.7 Å². The zero-order valence-electron chi connectivity index (χ0n) is 15.0. The fraction of sp³-hybridized carbons (Fsp3) is 0.300.